The maximum Gasteiger partial charge on any atom is 0.266 e. The number of pyridine rings is 1. The van der Waals surface area contributed by atoms with Crippen LogP contribution in [0.2, 0.25) is 0 Å². The first-order valence-corrected chi connectivity index (χ1v) is 5.72. The van der Waals surface area contributed by atoms with Crippen molar-refractivity contribution in [2.75, 3.05) is 7.11 Å². The molecule has 1 heterocycles. The van der Waals surface area contributed by atoms with Gasteiger partial charge in [-0.05, 0) is 19.1 Å². The van der Waals surface area contributed by atoms with Gasteiger partial charge in [0.05, 0.1) is 7.11 Å². The summed E-state index contributed by atoms with van der Waals surface area (Å²) in [6.07, 6.45) is 0. The van der Waals surface area contributed by atoms with Crippen LogP contribution in [-0.4, -0.2) is 20.5 Å². The highest BCUT2D eigenvalue weighted by Crippen LogP contribution is 2.24. The number of nitrogens with zero attached hydrogens (tertiary/aromatic N) is 1. The second-order valence-electron chi connectivity index (χ2n) is 2.40. The second-order valence-corrected chi connectivity index (χ2v) is 4.93. The van der Waals surface area contributed by atoms with Gasteiger partial charge in [-0.1, -0.05) is 0 Å². The van der Waals surface area contributed by atoms with Gasteiger partial charge in [-0.25, -0.2) is 13.4 Å². The van der Waals surface area contributed by atoms with Gasteiger partial charge < -0.3 is 4.74 Å². The SMILES string of the molecule is COc1nc(C)ccc1S(=O)(=O)Cl. The average molecular weight is 222 g/mol. The first-order chi connectivity index (χ1) is 5.95. The molecule has 0 saturated heterocycles. The Morgan fingerprint density at radius 2 is 2.08 bits per heavy atom. The number of methoxy groups -OCH3 is 1. The first kappa shape index (κ1) is 10.3. The Balaban J connectivity index is 3.39. The number of aromatic nitrogens is 1. The van der Waals surface area contributed by atoms with Crippen molar-refractivity contribution in [1.29, 1.82) is 0 Å². The van der Waals surface area contributed by atoms with Gasteiger partial charge in [0, 0.05) is 16.4 Å². The van der Waals surface area contributed by atoms with E-state index in [1.807, 2.05) is 0 Å². The lowest BCUT2D eigenvalue weighted by Gasteiger charge is -2.04. The van der Waals surface area contributed by atoms with Crippen LogP contribution in [0.3, 0.4) is 0 Å². The summed E-state index contributed by atoms with van der Waals surface area (Å²) in [5, 5.41) is 0. The summed E-state index contributed by atoms with van der Waals surface area (Å²) in [5.41, 5.74) is 0.668. The average Bonchev–Trinajstić information content (AvgIpc) is 2.01. The van der Waals surface area contributed by atoms with Crippen LogP contribution in [-0.2, 0) is 9.05 Å². The zero-order valence-corrected chi connectivity index (χ0v) is 8.69. The maximum absolute atomic E-state index is 11.0. The quantitative estimate of drug-likeness (QED) is 0.707. The number of hydrogen-bond donors (Lipinski definition) is 0. The standard InChI is InChI=1S/C7H8ClNO3S/c1-5-3-4-6(13(8,10)11)7(9-5)12-2/h3-4H,1-2H3. The first-order valence-electron chi connectivity index (χ1n) is 3.41. The molecule has 0 atom stereocenters. The topological polar surface area (TPSA) is 56.3 Å². The van der Waals surface area contributed by atoms with Crippen LogP contribution in [0.5, 0.6) is 5.88 Å². The van der Waals surface area contributed by atoms with Gasteiger partial charge in [0.25, 0.3) is 9.05 Å². The van der Waals surface area contributed by atoms with E-state index >= 15 is 0 Å². The maximum atomic E-state index is 11.0. The van der Waals surface area contributed by atoms with Crippen LogP contribution in [0.25, 0.3) is 0 Å². The van der Waals surface area contributed by atoms with Crippen molar-refractivity contribution < 1.29 is 13.2 Å². The Labute approximate surface area is 80.9 Å². The van der Waals surface area contributed by atoms with Gasteiger partial charge in [-0.2, -0.15) is 0 Å². The molecule has 0 saturated carbocycles. The molecule has 0 fully saturated rings. The largest absolute Gasteiger partial charge is 0.480 e. The van der Waals surface area contributed by atoms with E-state index in [-0.39, 0.29) is 10.8 Å². The van der Waals surface area contributed by atoms with E-state index in [1.54, 1.807) is 13.0 Å². The number of rotatable bonds is 2. The third kappa shape index (κ3) is 2.32. The molecule has 1 aromatic rings. The third-order valence-electron chi connectivity index (χ3n) is 1.42. The molecule has 0 aliphatic heterocycles. The van der Waals surface area contributed by atoms with Crippen molar-refractivity contribution in [2.24, 2.45) is 0 Å². The van der Waals surface area contributed by atoms with Crippen LogP contribution in [0.1, 0.15) is 5.69 Å². The van der Waals surface area contributed by atoms with Crippen LogP contribution >= 0.6 is 10.7 Å². The van der Waals surface area contributed by atoms with E-state index < -0.39 is 9.05 Å². The van der Waals surface area contributed by atoms with Gasteiger partial charge in [0.1, 0.15) is 4.90 Å². The Bertz CT molecular complexity index is 416. The highest BCUT2D eigenvalue weighted by atomic mass is 35.7. The van der Waals surface area contributed by atoms with Crippen molar-refractivity contribution in [3.8, 4) is 5.88 Å². The Kier molecular flexibility index (Phi) is 2.77. The van der Waals surface area contributed by atoms with Crippen molar-refractivity contribution >= 4 is 19.7 Å². The summed E-state index contributed by atoms with van der Waals surface area (Å²) in [7, 11) is 2.71. The lowest BCUT2D eigenvalue weighted by molar-refractivity contribution is 0.384. The molecule has 0 aromatic carbocycles. The van der Waals surface area contributed by atoms with E-state index in [2.05, 4.69) is 4.98 Å². The van der Waals surface area contributed by atoms with Crippen LogP contribution < -0.4 is 4.74 Å². The van der Waals surface area contributed by atoms with Gasteiger partial charge in [0.2, 0.25) is 5.88 Å². The van der Waals surface area contributed by atoms with E-state index in [0.29, 0.717) is 5.69 Å². The van der Waals surface area contributed by atoms with E-state index in [4.69, 9.17) is 15.4 Å². The molecule has 0 radical (unpaired) electrons. The van der Waals surface area contributed by atoms with Crippen LogP contribution in [0.4, 0.5) is 0 Å². The smallest absolute Gasteiger partial charge is 0.266 e. The minimum atomic E-state index is -3.78. The number of hydrogen-bond acceptors (Lipinski definition) is 4. The Hall–Kier alpha value is -0.810. The molecule has 6 heteroatoms. The van der Waals surface area contributed by atoms with Crippen molar-refractivity contribution in [3.63, 3.8) is 0 Å². The summed E-state index contributed by atoms with van der Waals surface area (Å²) in [6.45, 7) is 1.73. The van der Waals surface area contributed by atoms with Crippen molar-refractivity contribution in [3.05, 3.63) is 17.8 Å². The molecule has 0 bridgehead atoms. The molecule has 0 amide bonds. The Morgan fingerprint density at radius 1 is 1.46 bits per heavy atom. The highest BCUT2D eigenvalue weighted by molar-refractivity contribution is 8.13. The second kappa shape index (κ2) is 3.51. The van der Waals surface area contributed by atoms with Gasteiger partial charge in [-0.3, -0.25) is 0 Å². The predicted octanol–water partition coefficient (Wildman–Crippen LogP) is 1.33. The molecule has 1 aromatic heterocycles. The zero-order chi connectivity index (χ0) is 10.1. The molecule has 72 valence electrons. The zero-order valence-electron chi connectivity index (χ0n) is 7.11. The summed E-state index contributed by atoms with van der Waals surface area (Å²) in [4.78, 5) is 3.76. The molecule has 0 aliphatic carbocycles. The van der Waals surface area contributed by atoms with Gasteiger partial charge in [-0.15, -0.1) is 0 Å². The van der Waals surface area contributed by atoms with Gasteiger partial charge >= 0.3 is 0 Å². The lowest BCUT2D eigenvalue weighted by atomic mass is 10.4. The van der Waals surface area contributed by atoms with Crippen LogP contribution in [0.15, 0.2) is 17.0 Å². The predicted molar refractivity (Wildman–Crippen MR) is 48.6 cm³/mol. The minimum absolute atomic E-state index is 0.0231. The Morgan fingerprint density at radius 3 is 2.54 bits per heavy atom. The molecular weight excluding hydrogens is 214 g/mol. The van der Waals surface area contributed by atoms with E-state index in [1.165, 1.54) is 13.2 Å². The van der Waals surface area contributed by atoms with Crippen molar-refractivity contribution in [1.82, 2.24) is 4.98 Å². The normalized spacial score (nSPS) is 11.3. The van der Waals surface area contributed by atoms with Crippen LogP contribution in [0, 0.1) is 6.92 Å². The summed E-state index contributed by atoms with van der Waals surface area (Å²) in [6, 6.07) is 2.92. The molecular formula is C7H8ClNO3S. The molecule has 4 nitrogen and oxygen atoms in total. The minimum Gasteiger partial charge on any atom is -0.480 e. The fraction of sp³-hybridized carbons (Fsp3) is 0.286. The number of ether oxygens (including phenoxy) is 1. The molecule has 0 aliphatic rings. The molecule has 1 rings (SSSR count). The number of halogens is 1. The summed E-state index contributed by atoms with van der Waals surface area (Å²) in [5.74, 6) is 0.0231. The third-order valence-corrected chi connectivity index (χ3v) is 2.76. The summed E-state index contributed by atoms with van der Waals surface area (Å²) < 4.78 is 26.7. The molecule has 0 spiro atoms. The van der Waals surface area contributed by atoms with E-state index in [9.17, 15) is 8.42 Å². The van der Waals surface area contributed by atoms with Crippen molar-refractivity contribution in [2.45, 2.75) is 11.8 Å². The lowest BCUT2D eigenvalue weighted by Crippen LogP contribution is -1.99. The fourth-order valence-electron chi connectivity index (χ4n) is 0.852. The monoisotopic (exact) mass is 221 g/mol. The summed E-state index contributed by atoms with van der Waals surface area (Å²) >= 11 is 0. The van der Waals surface area contributed by atoms with Gasteiger partial charge in [0.15, 0.2) is 0 Å². The van der Waals surface area contributed by atoms with E-state index in [0.717, 1.165) is 0 Å². The number of aryl methyl sites for hydroxylation is 1. The molecule has 13 heavy (non-hydrogen) atoms. The highest BCUT2D eigenvalue weighted by Gasteiger charge is 2.17. The fourth-order valence-corrected chi connectivity index (χ4v) is 1.77. The molecule has 0 unspecified atom stereocenters. The molecule has 0 N–H and O–H groups in total.